The molecule has 0 radical (unpaired) electrons. The van der Waals surface area contributed by atoms with Gasteiger partial charge in [0, 0.05) is 22.1 Å². The van der Waals surface area contributed by atoms with Crippen molar-refractivity contribution in [2.24, 2.45) is 0 Å². The molecule has 1 aromatic heterocycles. The molecule has 1 aliphatic carbocycles. The summed E-state index contributed by atoms with van der Waals surface area (Å²) < 4.78 is 0. The number of nitrogens with zero attached hydrogens (tertiary/aromatic N) is 3. The zero-order valence-electron chi connectivity index (χ0n) is 33.9. The van der Waals surface area contributed by atoms with E-state index in [0.29, 0.717) is 17.5 Å². The SMILES string of the molecule is CC1(C)c2ccccc2-c2ccc(-c3nc(-c4ccccc4-c4ccccc4)nc(-c4ccc(-c5c6ccccc6cc6c5ccc5ccccc56)c5ccccc45)n3)cc21. The van der Waals surface area contributed by atoms with Gasteiger partial charge in [-0.2, -0.15) is 0 Å². The van der Waals surface area contributed by atoms with Crippen molar-refractivity contribution in [3.8, 4) is 67.5 Å². The predicted molar refractivity (Wildman–Crippen MR) is 255 cm³/mol. The molecule has 0 spiro atoms. The third kappa shape index (κ3) is 5.55. The highest BCUT2D eigenvalue weighted by Gasteiger charge is 2.35. The lowest BCUT2D eigenvalue weighted by atomic mass is 9.82. The second-order valence-corrected chi connectivity index (χ2v) is 16.7. The minimum absolute atomic E-state index is 0.162. The summed E-state index contributed by atoms with van der Waals surface area (Å²) >= 11 is 0. The molecule has 0 unspecified atom stereocenters. The van der Waals surface area contributed by atoms with Gasteiger partial charge in [-0.25, -0.2) is 15.0 Å². The summed E-state index contributed by atoms with van der Waals surface area (Å²) in [6, 6.07) is 72.1. The molecule has 3 nitrogen and oxygen atoms in total. The molecule has 1 heterocycles. The van der Waals surface area contributed by atoms with Gasteiger partial charge in [0.15, 0.2) is 17.5 Å². The van der Waals surface area contributed by atoms with Crippen molar-refractivity contribution in [3.63, 3.8) is 0 Å². The molecular formula is C58H39N3. The van der Waals surface area contributed by atoms with Crippen molar-refractivity contribution >= 4 is 43.1 Å². The number of hydrogen-bond donors (Lipinski definition) is 0. The Morgan fingerprint density at radius 3 is 1.66 bits per heavy atom. The summed E-state index contributed by atoms with van der Waals surface area (Å²) in [6.45, 7) is 4.63. The largest absolute Gasteiger partial charge is 0.208 e. The van der Waals surface area contributed by atoms with E-state index in [1.54, 1.807) is 0 Å². The van der Waals surface area contributed by atoms with Crippen LogP contribution in [0.1, 0.15) is 25.0 Å². The van der Waals surface area contributed by atoms with Crippen LogP contribution in [0.3, 0.4) is 0 Å². The van der Waals surface area contributed by atoms with Gasteiger partial charge in [0.2, 0.25) is 0 Å². The number of fused-ring (bicyclic) bond motifs is 8. The van der Waals surface area contributed by atoms with Crippen LogP contribution in [0.15, 0.2) is 200 Å². The second-order valence-electron chi connectivity index (χ2n) is 16.7. The number of rotatable bonds is 5. The van der Waals surface area contributed by atoms with E-state index in [1.807, 2.05) is 0 Å². The highest BCUT2D eigenvalue weighted by molar-refractivity contribution is 6.23. The van der Waals surface area contributed by atoms with Gasteiger partial charge in [-0.1, -0.05) is 196 Å². The van der Waals surface area contributed by atoms with Crippen molar-refractivity contribution in [1.29, 1.82) is 0 Å². The van der Waals surface area contributed by atoms with Crippen LogP contribution in [0.25, 0.3) is 111 Å². The topological polar surface area (TPSA) is 38.7 Å². The fraction of sp³-hybridized carbons (Fsp3) is 0.0517. The smallest absolute Gasteiger partial charge is 0.164 e. The van der Waals surface area contributed by atoms with E-state index in [-0.39, 0.29) is 5.41 Å². The maximum absolute atomic E-state index is 5.39. The lowest BCUT2D eigenvalue weighted by Crippen LogP contribution is -2.15. The van der Waals surface area contributed by atoms with Crippen LogP contribution in [0.5, 0.6) is 0 Å². The van der Waals surface area contributed by atoms with E-state index in [0.717, 1.165) is 38.6 Å². The summed E-state index contributed by atoms with van der Waals surface area (Å²) in [5.41, 5.74) is 12.5. The molecule has 0 amide bonds. The zero-order chi connectivity index (χ0) is 40.7. The highest BCUT2D eigenvalue weighted by Crippen LogP contribution is 2.50. The van der Waals surface area contributed by atoms with Gasteiger partial charge < -0.3 is 0 Å². The van der Waals surface area contributed by atoms with E-state index in [4.69, 9.17) is 15.0 Å². The third-order valence-corrected chi connectivity index (χ3v) is 12.9. The van der Waals surface area contributed by atoms with Gasteiger partial charge in [0.25, 0.3) is 0 Å². The van der Waals surface area contributed by atoms with Crippen LogP contribution in [0.4, 0.5) is 0 Å². The van der Waals surface area contributed by atoms with Crippen molar-refractivity contribution in [2.75, 3.05) is 0 Å². The van der Waals surface area contributed by atoms with Crippen molar-refractivity contribution in [2.45, 2.75) is 19.3 Å². The van der Waals surface area contributed by atoms with Crippen LogP contribution in [0, 0.1) is 0 Å². The molecule has 0 saturated carbocycles. The summed E-state index contributed by atoms with van der Waals surface area (Å²) in [5.74, 6) is 1.93. The quantitative estimate of drug-likeness (QED) is 0.129. The average Bonchev–Trinajstić information content (AvgIpc) is 3.55. The average molecular weight is 778 g/mol. The first-order valence-electron chi connectivity index (χ1n) is 21.0. The Hall–Kier alpha value is -7.75. The van der Waals surface area contributed by atoms with Crippen LogP contribution in [0.2, 0.25) is 0 Å². The lowest BCUT2D eigenvalue weighted by molar-refractivity contribution is 0.660. The van der Waals surface area contributed by atoms with Gasteiger partial charge in [-0.15, -0.1) is 0 Å². The minimum Gasteiger partial charge on any atom is -0.208 e. The summed E-state index contributed by atoms with van der Waals surface area (Å²) in [5, 5.41) is 9.67. The van der Waals surface area contributed by atoms with Crippen LogP contribution < -0.4 is 0 Å². The van der Waals surface area contributed by atoms with Gasteiger partial charge in [-0.05, 0) is 106 Å². The zero-order valence-corrected chi connectivity index (χ0v) is 33.9. The maximum atomic E-state index is 5.39. The Morgan fingerprint density at radius 2 is 0.852 bits per heavy atom. The molecule has 10 aromatic carbocycles. The number of benzene rings is 10. The molecule has 12 rings (SSSR count). The molecule has 61 heavy (non-hydrogen) atoms. The predicted octanol–water partition coefficient (Wildman–Crippen LogP) is 15.1. The maximum Gasteiger partial charge on any atom is 0.164 e. The van der Waals surface area contributed by atoms with Gasteiger partial charge >= 0.3 is 0 Å². The van der Waals surface area contributed by atoms with Crippen molar-refractivity contribution < 1.29 is 0 Å². The molecule has 0 bridgehead atoms. The molecule has 0 aliphatic heterocycles. The first-order chi connectivity index (χ1) is 30.0. The molecule has 0 atom stereocenters. The second kappa shape index (κ2) is 13.7. The van der Waals surface area contributed by atoms with Gasteiger partial charge in [0.05, 0.1) is 0 Å². The molecule has 1 aliphatic rings. The normalized spacial score (nSPS) is 12.9. The van der Waals surface area contributed by atoms with E-state index >= 15 is 0 Å². The third-order valence-electron chi connectivity index (χ3n) is 12.9. The molecule has 0 fully saturated rings. The fourth-order valence-corrected chi connectivity index (χ4v) is 9.96. The molecular weight excluding hydrogens is 739 g/mol. The Balaban J connectivity index is 1.10. The lowest BCUT2D eigenvalue weighted by Gasteiger charge is -2.22. The molecule has 11 aromatic rings. The number of hydrogen-bond acceptors (Lipinski definition) is 3. The fourth-order valence-electron chi connectivity index (χ4n) is 9.96. The van der Waals surface area contributed by atoms with Crippen molar-refractivity contribution in [3.05, 3.63) is 211 Å². The summed E-state index contributed by atoms with van der Waals surface area (Å²) in [6.07, 6.45) is 0. The van der Waals surface area contributed by atoms with Gasteiger partial charge in [-0.3, -0.25) is 0 Å². The first kappa shape index (κ1) is 35.2. The van der Waals surface area contributed by atoms with Crippen LogP contribution >= 0.6 is 0 Å². The monoisotopic (exact) mass is 777 g/mol. The Morgan fingerprint density at radius 1 is 0.295 bits per heavy atom. The van der Waals surface area contributed by atoms with Crippen molar-refractivity contribution in [1.82, 2.24) is 15.0 Å². The molecule has 0 saturated heterocycles. The Bertz CT molecular complexity index is 3570. The molecule has 286 valence electrons. The van der Waals surface area contributed by atoms with E-state index < -0.39 is 0 Å². The first-order valence-corrected chi connectivity index (χ1v) is 21.0. The van der Waals surface area contributed by atoms with E-state index in [9.17, 15) is 0 Å². The summed E-state index contributed by atoms with van der Waals surface area (Å²) in [7, 11) is 0. The van der Waals surface area contributed by atoms with E-state index in [2.05, 4.69) is 214 Å². The Labute approximate surface area is 354 Å². The van der Waals surface area contributed by atoms with Crippen LogP contribution in [-0.4, -0.2) is 15.0 Å². The molecule has 0 N–H and O–H groups in total. The Kier molecular flexibility index (Phi) is 7.88. The molecule has 3 heteroatoms. The van der Waals surface area contributed by atoms with Gasteiger partial charge in [0.1, 0.15) is 0 Å². The van der Waals surface area contributed by atoms with E-state index in [1.165, 1.54) is 65.7 Å². The van der Waals surface area contributed by atoms with Crippen LogP contribution in [-0.2, 0) is 5.41 Å². The minimum atomic E-state index is -0.162. The standard InChI is InChI=1S/C58H39N3/c1-58(2)52-27-15-14-25-45(52)46-30-29-39(35-53(46)58)55-59-56(49-26-13-10-20-40(49)36-16-4-3-5-17-36)61-57(60-55)50-33-32-47(43-23-11-12-24-44(43)50)54-42-22-9-7-19-38(42)34-51-41-21-8-6-18-37(41)28-31-48(51)54/h3-35H,1-2H3. The summed E-state index contributed by atoms with van der Waals surface area (Å²) in [4.78, 5) is 16.1. The number of aromatic nitrogens is 3. The highest BCUT2D eigenvalue weighted by atomic mass is 15.0.